The molecule has 0 aromatic carbocycles. The number of hydrazone groups is 1. The molecule has 0 radical (unpaired) electrons. The molecule has 0 fully saturated rings. The van der Waals surface area contributed by atoms with Crippen LogP contribution in [0.15, 0.2) is 28.9 Å². The van der Waals surface area contributed by atoms with Crippen LogP contribution in [0.2, 0.25) is 0 Å². The first-order valence-electron chi connectivity index (χ1n) is 11.1. The van der Waals surface area contributed by atoms with Crippen LogP contribution in [0.4, 0.5) is 10.6 Å². The molecule has 0 bridgehead atoms. The highest BCUT2D eigenvalue weighted by Gasteiger charge is 2.24. The third-order valence-electron chi connectivity index (χ3n) is 5.43. The highest BCUT2D eigenvalue weighted by Crippen LogP contribution is 2.23. The lowest BCUT2D eigenvalue weighted by Crippen LogP contribution is -2.33. The summed E-state index contributed by atoms with van der Waals surface area (Å²) in [6, 6.07) is 0. The second-order valence-electron chi connectivity index (χ2n) is 8.06. The van der Waals surface area contributed by atoms with Gasteiger partial charge >= 0.3 is 6.09 Å². The Hall–Kier alpha value is -2.90. The quantitative estimate of drug-likeness (QED) is 0.675. The average Bonchev–Trinajstić information content (AvgIpc) is 3.04. The summed E-state index contributed by atoms with van der Waals surface area (Å²) in [5.41, 5.74) is 3.33. The number of allylic oxidation sites excluding steroid dienone is 4. The van der Waals surface area contributed by atoms with E-state index in [1.54, 1.807) is 4.90 Å². The highest BCUT2D eigenvalue weighted by atomic mass is 16.6. The van der Waals surface area contributed by atoms with E-state index >= 15 is 0 Å². The summed E-state index contributed by atoms with van der Waals surface area (Å²) in [7, 11) is 1.98. The van der Waals surface area contributed by atoms with Gasteiger partial charge in [0.15, 0.2) is 0 Å². The molecule has 0 saturated carbocycles. The van der Waals surface area contributed by atoms with E-state index in [1.165, 1.54) is 5.57 Å². The largest absolute Gasteiger partial charge is 0.450 e. The molecule has 1 atom stereocenters. The monoisotopic (exact) mass is 426 g/mol. The van der Waals surface area contributed by atoms with Crippen molar-refractivity contribution in [1.29, 1.82) is 0 Å². The van der Waals surface area contributed by atoms with Crippen LogP contribution in [0.5, 0.6) is 0 Å². The fraction of sp³-hybridized carbons (Fsp3) is 0.565. The Morgan fingerprint density at radius 3 is 2.84 bits per heavy atom. The number of carbonyl (C=O) groups is 1. The van der Waals surface area contributed by atoms with Gasteiger partial charge in [-0.15, -0.1) is 0 Å². The summed E-state index contributed by atoms with van der Waals surface area (Å²) < 4.78 is 5.21. The number of hydrogen-bond acceptors (Lipinski definition) is 7. The van der Waals surface area contributed by atoms with Gasteiger partial charge in [0.05, 0.1) is 12.3 Å². The molecule has 3 heterocycles. The summed E-state index contributed by atoms with van der Waals surface area (Å²) in [6.07, 6.45) is 9.97. The first-order chi connectivity index (χ1) is 15.0. The molecule has 2 aliphatic heterocycles. The average molecular weight is 427 g/mol. The van der Waals surface area contributed by atoms with Crippen LogP contribution in [0.25, 0.3) is 0 Å². The number of rotatable bonds is 7. The van der Waals surface area contributed by atoms with Crippen LogP contribution in [0, 0.1) is 5.92 Å². The molecule has 168 valence electrons. The Balaban J connectivity index is 1.82. The van der Waals surface area contributed by atoms with E-state index in [-0.39, 0.29) is 6.09 Å². The van der Waals surface area contributed by atoms with Gasteiger partial charge in [0.1, 0.15) is 11.6 Å². The molecule has 1 amide bonds. The molecule has 1 aromatic rings. The minimum atomic E-state index is -0.256. The summed E-state index contributed by atoms with van der Waals surface area (Å²) in [4.78, 5) is 23.8. The molecule has 1 N–H and O–H groups in total. The molecule has 0 saturated heterocycles. The van der Waals surface area contributed by atoms with E-state index in [9.17, 15) is 4.79 Å². The van der Waals surface area contributed by atoms with Gasteiger partial charge in [-0.05, 0) is 27.2 Å². The van der Waals surface area contributed by atoms with Crippen LogP contribution in [-0.2, 0) is 24.0 Å². The van der Waals surface area contributed by atoms with E-state index < -0.39 is 0 Å². The van der Waals surface area contributed by atoms with Crippen LogP contribution in [0.3, 0.4) is 0 Å². The van der Waals surface area contributed by atoms with Crippen LogP contribution in [-0.4, -0.2) is 72.0 Å². The minimum absolute atomic E-state index is 0.256. The van der Waals surface area contributed by atoms with Crippen molar-refractivity contribution in [2.24, 2.45) is 11.0 Å². The van der Waals surface area contributed by atoms with Crippen molar-refractivity contribution in [3.05, 3.63) is 40.9 Å². The number of fused-ring (bicyclic) bond motifs is 1. The summed E-state index contributed by atoms with van der Waals surface area (Å²) >= 11 is 0. The predicted octanol–water partition coefficient (Wildman–Crippen LogP) is 3.06. The van der Waals surface area contributed by atoms with Gasteiger partial charge < -0.3 is 15.0 Å². The van der Waals surface area contributed by atoms with Crippen molar-refractivity contribution in [1.82, 2.24) is 19.9 Å². The first-order valence-corrected chi connectivity index (χ1v) is 11.1. The third kappa shape index (κ3) is 6.29. The lowest BCUT2D eigenvalue weighted by atomic mass is 10.1. The van der Waals surface area contributed by atoms with Gasteiger partial charge in [0.25, 0.3) is 0 Å². The number of carbonyl (C=O) groups excluding carboxylic acids is 1. The number of amides is 1. The Morgan fingerprint density at radius 1 is 1.32 bits per heavy atom. The molecule has 8 heteroatoms. The standard InChI is InChI=1S/C23H34N6O2/c1-5-7-8-17(3)13-21-26-20-10-12-29(23(30)31-6-2)11-9-19(20)22(27-21)24-14-18-15-25-28(4)16-18/h5,7-8,15,18H,6,9-14,16H2,1-4H3,(H,24,26,27)/b7-5-,17-8+. The van der Waals surface area contributed by atoms with Gasteiger partial charge in [-0.25, -0.2) is 14.8 Å². The molecule has 3 rings (SSSR count). The zero-order valence-corrected chi connectivity index (χ0v) is 19.1. The zero-order chi connectivity index (χ0) is 22.2. The lowest BCUT2D eigenvalue weighted by Gasteiger charge is -2.19. The van der Waals surface area contributed by atoms with Crippen LogP contribution in [0.1, 0.15) is 37.9 Å². The molecule has 31 heavy (non-hydrogen) atoms. The van der Waals surface area contributed by atoms with Gasteiger partial charge in [-0.1, -0.05) is 23.8 Å². The molecule has 1 unspecified atom stereocenters. The van der Waals surface area contributed by atoms with Crippen molar-refractivity contribution in [3.63, 3.8) is 0 Å². The number of aromatic nitrogens is 2. The molecule has 0 spiro atoms. The zero-order valence-electron chi connectivity index (χ0n) is 19.1. The number of nitrogens with one attached hydrogen (secondary N) is 1. The first kappa shape index (κ1) is 22.8. The molecule has 0 aliphatic carbocycles. The molecular weight excluding hydrogens is 392 g/mol. The normalized spacial score (nSPS) is 19.0. The maximum Gasteiger partial charge on any atom is 0.409 e. The number of hydrogen-bond donors (Lipinski definition) is 1. The summed E-state index contributed by atoms with van der Waals surface area (Å²) in [5, 5.41) is 9.83. The van der Waals surface area contributed by atoms with E-state index in [0.29, 0.717) is 44.9 Å². The number of anilines is 1. The Bertz CT molecular complexity index is 864. The molecule has 2 aliphatic rings. The van der Waals surface area contributed by atoms with E-state index in [4.69, 9.17) is 14.7 Å². The lowest BCUT2D eigenvalue weighted by molar-refractivity contribution is 0.109. The van der Waals surface area contributed by atoms with E-state index in [0.717, 1.165) is 36.0 Å². The van der Waals surface area contributed by atoms with Gasteiger partial charge in [0, 0.05) is 63.8 Å². The highest BCUT2D eigenvalue weighted by molar-refractivity contribution is 5.68. The smallest absolute Gasteiger partial charge is 0.409 e. The Kier molecular flexibility index (Phi) is 8.03. The fourth-order valence-electron chi connectivity index (χ4n) is 3.83. The molecular formula is C23H34N6O2. The van der Waals surface area contributed by atoms with Crippen LogP contribution < -0.4 is 5.32 Å². The molecule has 8 nitrogen and oxygen atoms in total. The second kappa shape index (κ2) is 10.9. The number of ether oxygens (including phenoxy) is 1. The maximum atomic E-state index is 12.2. The fourth-order valence-corrected chi connectivity index (χ4v) is 3.83. The van der Waals surface area contributed by atoms with Crippen molar-refractivity contribution in [2.45, 2.75) is 40.0 Å². The van der Waals surface area contributed by atoms with Gasteiger partial charge in [-0.3, -0.25) is 5.01 Å². The third-order valence-corrected chi connectivity index (χ3v) is 5.43. The Labute approximate surface area is 185 Å². The van der Waals surface area contributed by atoms with Gasteiger partial charge in [-0.2, -0.15) is 5.10 Å². The van der Waals surface area contributed by atoms with Gasteiger partial charge in [0.2, 0.25) is 0 Å². The van der Waals surface area contributed by atoms with Crippen molar-refractivity contribution in [3.8, 4) is 0 Å². The molecule has 1 aromatic heterocycles. The van der Waals surface area contributed by atoms with Crippen molar-refractivity contribution in [2.75, 3.05) is 45.2 Å². The topological polar surface area (TPSA) is 83.0 Å². The number of nitrogens with zero attached hydrogens (tertiary/aromatic N) is 5. The van der Waals surface area contributed by atoms with Crippen molar-refractivity contribution >= 4 is 18.1 Å². The van der Waals surface area contributed by atoms with E-state index in [1.807, 2.05) is 44.3 Å². The van der Waals surface area contributed by atoms with Crippen LogP contribution >= 0.6 is 0 Å². The predicted molar refractivity (Wildman–Crippen MR) is 123 cm³/mol. The second-order valence-corrected chi connectivity index (χ2v) is 8.06. The summed E-state index contributed by atoms with van der Waals surface area (Å²) in [6.45, 7) is 9.19. The summed E-state index contributed by atoms with van der Waals surface area (Å²) in [5.74, 6) is 2.03. The van der Waals surface area contributed by atoms with Crippen molar-refractivity contribution < 1.29 is 9.53 Å². The Morgan fingerprint density at radius 2 is 2.13 bits per heavy atom. The van der Waals surface area contributed by atoms with E-state index in [2.05, 4.69) is 23.4 Å². The SMILES string of the molecule is C/C=C\C=C(/C)Cc1nc2c(c(NCC3C=NN(C)C3)n1)CCN(C(=O)OCC)CC2. The maximum absolute atomic E-state index is 12.2. The minimum Gasteiger partial charge on any atom is -0.450 e.